The summed E-state index contributed by atoms with van der Waals surface area (Å²) in [5.41, 5.74) is 5.45. The van der Waals surface area contributed by atoms with Crippen molar-refractivity contribution < 1.29 is 4.79 Å². The van der Waals surface area contributed by atoms with Gasteiger partial charge in [-0.15, -0.1) is 0 Å². The summed E-state index contributed by atoms with van der Waals surface area (Å²) in [4.78, 5) is 12.4. The standard InChI is InChI=1S/C12H20N2OS/c13-11(16)12(7-2-1-3-8-12)14-10(15)9-5-4-6-9/h9H,1-8H2,(H2,13,16)(H,14,15). The maximum Gasteiger partial charge on any atom is 0.223 e. The average molecular weight is 240 g/mol. The molecule has 4 heteroatoms. The van der Waals surface area contributed by atoms with E-state index in [0.29, 0.717) is 4.99 Å². The normalized spacial score (nSPS) is 24.5. The highest BCUT2D eigenvalue weighted by Gasteiger charge is 2.38. The van der Waals surface area contributed by atoms with Crippen molar-refractivity contribution in [3.8, 4) is 0 Å². The van der Waals surface area contributed by atoms with Crippen LogP contribution >= 0.6 is 12.2 Å². The molecule has 0 aromatic carbocycles. The van der Waals surface area contributed by atoms with Gasteiger partial charge in [-0.1, -0.05) is 37.9 Å². The number of amides is 1. The molecule has 0 saturated heterocycles. The van der Waals surface area contributed by atoms with Crippen LogP contribution in [0.3, 0.4) is 0 Å². The summed E-state index contributed by atoms with van der Waals surface area (Å²) < 4.78 is 0. The minimum Gasteiger partial charge on any atom is -0.391 e. The van der Waals surface area contributed by atoms with E-state index < -0.39 is 0 Å². The van der Waals surface area contributed by atoms with Crippen LogP contribution in [0.2, 0.25) is 0 Å². The van der Waals surface area contributed by atoms with Gasteiger partial charge in [0.15, 0.2) is 0 Å². The first kappa shape index (κ1) is 11.8. The van der Waals surface area contributed by atoms with Gasteiger partial charge >= 0.3 is 0 Å². The van der Waals surface area contributed by atoms with E-state index in [-0.39, 0.29) is 17.4 Å². The summed E-state index contributed by atoms with van der Waals surface area (Å²) >= 11 is 5.15. The SMILES string of the molecule is NC(=S)C1(NC(=O)C2CCC2)CCCCC1. The van der Waals surface area contributed by atoms with Crippen LogP contribution in [0.25, 0.3) is 0 Å². The van der Waals surface area contributed by atoms with Crippen LogP contribution in [0.5, 0.6) is 0 Å². The summed E-state index contributed by atoms with van der Waals surface area (Å²) in [5, 5.41) is 3.13. The van der Waals surface area contributed by atoms with Gasteiger partial charge in [-0.2, -0.15) is 0 Å². The van der Waals surface area contributed by atoms with Gasteiger partial charge in [0, 0.05) is 5.92 Å². The van der Waals surface area contributed by atoms with E-state index in [1.165, 1.54) is 12.8 Å². The Labute approximate surface area is 102 Å². The number of nitrogens with one attached hydrogen (secondary N) is 1. The molecule has 0 bridgehead atoms. The van der Waals surface area contributed by atoms with Crippen LogP contribution in [0.4, 0.5) is 0 Å². The zero-order valence-corrected chi connectivity index (χ0v) is 10.4. The van der Waals surface area contributed by atoms with Crippen molar-refractivity contribution in [1.29, 1.82) is 0 Å². The molecule has 0 aliphatic heterocycles. The predicted molar refractivity (Wildman–Crippen MR) is 68.1 cm³/mol. The maximum atomic E-state index is 12.0. The van der Waals surface area contributed by atoms with E-state index >= 15 is 0 Å². The lowest BCUT2D eigenvalue weighted by molar-refractivity contribution is -0.128. The highest BCUT2D eigenvalue weighted by atomic mass is 32.1. The molecule has 90 valence electrons. The molecule has 3 N–H and O–H groups in total. The van der Waals surface area contributed by atoms with E-state index in [1.807, 2.05) is 0 Å². The monoisotopic (exact) mass is 240 g/mol. The Bertz CT molecular complexity index is 293. The van der Waals surface area contributed by atoms with Crippen LogP contribution < -0.4 is 11.1 Å². The second-order valence-corrected chi connectivity index (χ2v) is 5.56. The second-order valence-electron chi connectivity index (χ2n) is 5.12. The van der Waals surface area contributed by atoms with Crippen molar-refractivity contribution in [1.82, 2.24) is 5.32 Å². The summed E-state index contributed by atoms with van der Waals surface area (Å²) in [6.45, 7) is 0. The van der Waals surface area contributed by atoms with Gasteiger partial charge in [0.05, 0.1) is 10.5 Å². The molecule has 0 aromatic rings. The van der Waals surface area contributed by atoms with Gasteiger partial charge in [0.25, 0.3) is 0 Å². The van der Waals surface area contributed by atoms with E-state index in [4.69, 9.17) is 18.0 Å². The summed E-state index contributed by atoms with van der Waals surface area (Å²) in [6, 6.07) is 0. The van der Waals surface area contributed by atoms with Crippen molar-refractivity contribution in [2.24, 2.45) is 11.7 Å². The van der Waals surface area contributed by atoms with E-state index in [0.717, 1.165) is 38.5 Å². The van der Waals surface area contributed by atoms with E-state index in [2.05, 4.69) is 5.32 Å². The smallest absolute Gasteiger partial charge is 0.223 e. The van der Waals surface area contributed by atoms with E-state index in [1.54, 1.807) is 0 Å². The summed E-state index contributed by atoms with van der Waals surface area (Å²) in [5.74, 6) is 0.383. The van der Waals surface area contributed by atoms with Gasteiger partial charge in [-0.3, -0.25) is 4.79 Å². The highest BCUT2D eigenvalue weighted by molar-refractivity contribution is 7.80. The van der Waals surface area contributed by atoms with Gasteiger partial charge in [-0.05, 0) is 25.7 Å². The molecule has 2 rings (SSSR count). The molecule has 16 heavy (non-hydrogen) atoms. The molecule has 0 unspecified atom stereocenters. The van der Waals surface area contributed by atoms with Crippen LogP contribution in [0, 0.1) is 5.92 Å². The number of carbonyl (C=O) groups is 1. The number of hydrogen-bond acceptors (Lipinski definition) is 2. The first-order valence-corrected chi connectivity index (χ1v) is 6.67. The molecule has 0 atom stereocenters. The van der Waals surface area contributed by atoms with Crippen LogP contribution in [0.1, 0.15) is 51.4 Å². The molecular formula is C12H20N2OS. The molecule has 0 radical (unpaired) electrons. The highest BCUT2D eigenvalue weighted by Crippen LogP contribution is 2.31. The fourth-order valence-corrected chi connectivity index (χ4v) is 2.85. The first-order valence-electron chi connectivity index (χ1n) is 6.26. The van der Waals surface area contributed by atoms with Gasteiger partial charge in [-0.25, -0.2) is 0 Å². The third kappa shape index (κ3) is 2.21. The summed E-state index contributed by atoms with van der Waals surface area (Å²) in [7, 11) is 0. The molecule has 2 saturated carbocycles. The quantitative estimate of drug-likeness (QED) is 0.741. The van der Waals surface area contributed by atoms with Crippen molar-refractivity contribution in [3.05, 3.63) is 0 Å². The molecule has 2 aliphatic carbocycles. The number of rotatable bonds is 3. The molecule has 0 heterocycles. The third-order valence-electron chi connectivity index (χ3n) is 4.02. The van der Waals surface area contributed by atoms with Crippen molar-refractivity contribution >= 4 is 23.1 Å². The fraction of sp³-hybridized carbons (Fsp3) is 0.833. The molecule has 2 fully saturated rings. The number of nitrogens with two attached hydrogens (primary N) is 1. The number of thiocarbonyl (C=S) groups is 1. The minimum atomic E-state index is -0.375. The molecular weight excluding hydrogens is 220 g/mol. The van der Waals surface area contributed by atoms with Crippen molar-refractivity contribution in [3.63, 3.8) is 0 Å². The van der Waals surface area contributed by atoms with Crippen LogP contribution in [0.15, 0.2) is 0 Å². The van der Waals surface area contributed by atoms with E-state index in [9.17, 15) is 4.79 Å². The average Bonchev–Trinajstić information content (AvgIpc) is 2.15. The number of hydrogen-bond donors (Lipinski definition) is 2. The fourth-order valence-electron chi connectivity index (χ4n) is 2.60. The van der Waals surface area contributed by atoms with Gasteiger partial charge in [0.1, 0.15) is 0 Å². The Kier molecular flexibility index (Phi) is 3.47. The van der Waals surface area contributed by atoms with Gasteiger partial charge < -0.3 is 11.1 Å². The summed E-state index contributed by atoms with van der Waals surface area (Å²) in [6.07, 6.45) is 8.52. The zero-order chi connectivity index (χ0) is 11.6. The lowest BCUT2D eigenvalue weighted by Crippen LogP contribution is -2.59. The van der Waals surface area contributed by atoms with Crippen molar-refractivity contribution in [2.75, 3.05) is 0 Å². The Morgan fingerprint density at radius 1 is 1.19 bits per heavy atom. The third-order valence-corrected chi connectivity index (χ3v) is 4.41. The molecule has 0 aromatic heterocycles. The van der Waals surface area contributed by atoms with Crippen LogP contribution in [-0.2, 0) is 4.79 Å². The van der Waals surface area contributed by atoms with Crippen LogP contribution in [-0.4, -0.2) is 16.4 Å². The molecule has 2 aliphatic rings. The Hall–Kier alpha value is -0.640. The Morgan fingerprint density at radius 3 is 2.25 bits per heavy atom. The maximum absolute atomic E-state index is 12.0. The molecule has 3 nitrogen and oxygen atoms in total. The van der Waals surface area contributed by atoms with Gasteiger partial charge in [0.2, 0.25) is 5.91 Å². The topological polar surface area (TPSA) is 55.1 Å². The largest absolute Gasteiger partial charge is 0.391 e. The minimum absolute atomic E-state index is 0.168. The first-order chi connectivity index (χ1) is 7.64. The molecule has 1 amide bonds. The Morgan fingerprint density at radius 2 is 1.81 bits per heavy atom. The zero-order valence-electron chi connectivity index (χ0n) is 9.63. The second kappa shape index (κ2) is 4.70. The van der Waals surface area contributed by atoms with Crippen molar-refractivity contribution in [2.45, 2.75) is 56.9 Å². The Balaban J connectivity index is 2.01. The lowest BCUT2D eigenvalue weighted by atomic mass is 9.79. The number of carbonyl (C=O) groups excluding carboxylic acids is 1. The predicted octanol–water partition coefficient (Wildman–Crippen LogP) is 1.89. The molecule has 0 spiro atoms. The lowest BCUT2D eigenvalue weighted by Gasteiger charge is -2.39.